The van der Waals surface area contributed by atoms with E-state index in [-0.39, 0.29) is 11.8 Å². The van der Waals surface area contributed by atoms with Crippen molar-refractivity contribution in [3.8, 4) is 0 Å². The van der Waals surface area contributed by atoms with Crippen molar-refractivity contribution in [2.75, 3.05) is 19.6 Å². The first kappa shape index (κ1) is 22.6. The highest BCUT2D eigenvalue weighted by atomic mass is 16.2. The molecule has 184 valence electrons. The third-order valence-corrected chi connectivity index (χ3v) is 7.54. The number of H-pyrrole nitrogens is 1. The molecule has 2 amide bonds. The fourth-order valence-electron chi connectivity index (χ4n) is 5.57. The molecule has 0 aliphatic carbocycles. The average molecular weight is 482 g/mol. The van der Waals surface area contributed by atoms with E-state index in [1.165, 1.54) is 5.39 Å². The van der Waals surface area contributed by atoms with E-state index in [1.807, 2.05) is 51.0 Å². The third kappa shape index (κ3) is 4.30. The molecule has 0 radical (unpaired) electrons. The molecule has 1 saturated heterocycles. The largest absolute Gasteiger partial charge is 0.361 e. The third-order valence-electron chi connectivity index (χ3n) is 7.54. The van der Waals surface area contributed by atoms with Crippen molar-refractivity contribution in [2.24, 2.45) is 0 Å². The molecule has 4 heterocycles. The van der Waals surface area contributed by atoms with E-state index in [2.05, 4.69) is 29.2 Å². The number of fused-ring (bicyclic) bond motifs is 2. The van der Waals surface area contributed by atoms with Gasteiger partial charge in [-0.2, -0.15) is 5.10 Å². The van der Waals surface area contributed by atoms with Crippen molar-refractivity contribution < 1.29 is 9.59 Å². The monoisotopic (exact) mass is 481 g/mol. The summed E-state index contributed by atoms with van der Waals surface area (Å²) in [4.78, 5) is 33.8. The highest BCUT2D eigenvalue weighted by molar-refractivity contribution is 5.94. The lowest BCUT2D eigenvalue weighted by Gasteiger charge is -2.28. The summed E-state index contributed by atoms with van der Waals surface area (Å²) in [6, 6.07) is 18.4. The van der Waals surface area contributed by atoms with Gasteiger partial charge in [-0.1, -0.05) is 48.5 Å². The molecule has 6 rings (SSSR count). The first-order valence-electron chi connectivity index (χ1n) is 12.9. The molecular formula is C29H31N5O2. The van der Waals surface area contributed by atoms with Gasteiger partial charge >= 0.3 is 0 Å². The minimum absolute atomic E-state index is 0.00338. The van der Waals surface area contributed by atoms with E-state index < -0.39 is 0 Å². The van der Waals surface area contributed by atoms with Crippen molar-refractivity contribution in [1.82, 2.24) is 24.6 Å². The zero-order chi connectivity index (χ0) is 24.5. The quantitative estimate of drug-likeness (QED) is 0.449. The van der Waals surface area contributed by atoms with Crippen LogP contribution in [0.1, 0.15) is 52.1 Å². The molecule has 36 heavy (non-hydrogen) atoms. The first-order chi connectivity index (χ1) is 17.7. The van der Waals surface area contributed by atoms with Crippen LogP contribution in [0.3, 0.4) is 0 Å². The number of aromatic nitrogens is 3. The molecule has 7 nitrogen and oxygen atoms in total. The van der Waals surface area contributed by atoms with Crippen LogP contribution in [-0.4, -0.2) is 56.0 Å². The van der Waals surface area contributed by atoms with Crippen LogP contribution in [-0.2, 0) is 30.7 Å². The molecule has 2 aromatic heterocycles. The fraction of sp³-hybridized carbons (Fsp3) is 0.345. The molecule has 0 atom stereocenters. The Morgan fingerprint density at radius 2 is 1.69 bits per heavy atom. The normalized spacial score (nSPS) is 15.4. The number of rotatable bonds is 6. The Labute approximate surface area is 210 Å². The molecule has 2 aliphatic heterocycles. The molecule has 0 spiro atoms. The standard InChI is InChI=1S/C29H31N5O2/c35-27(13-12-22-18-30-25-11-5-4-10-23(22)25)33-17-14-26-24(20-33)28(29(36)32-15-6-7-16-32)31-34(26)19-21-8-2-1-3-9-21/h1-5,8-11,18,30H,6-7,12-17,19-20H2. The molecule has 1 fully saturated rings. The summed E-state index contributed by atoms with van der Waals surface area (Å²) in [5.74, 6) is 0.130. The SMILES string of the molecule is O=C(CCc1c[nH]c2ccccc12)N1CCc2c(c(C(=O)N3CCCC3)nn2Cc2ccccc2)C1. The Balaban J connectivity index is 1.23. The lowest BCUT2D eigenvalue weighted by molar-refractivity contribution is -0.132. The van der Waals surface area contributed by atoms with Crippen LogP contribution in [0.15, 0.2) is 60.8 Å². The zero-order valence-electron chi connectivity index (χ0n) is 20.4. The number of likely N-dealkylation sites (tertiary alicyclic amines) is 1. The maximum absolute atomic E-state index is 13.4. The number of carbonyl (C=O) groups excluding carboxylic acids is 2. The van der Waals surface area contributed by atoms with Crippen molar-refractivity contribution in [3.63, 3.8) is 0 Å². The molecule has 4 aromatic rings. The zero-order valence-corrected chi connectivity index (χ0v) is 20.4. The van der Waals surface area contributed by atoms with Gasteiger partial charge in [0.05, 0.1) is 6.54 Å². The molecule has 0 saturated carbocycles. The minimum Gasteiger partial charge on any atom is -0.361 e. The maximum atomic E-state index is 13.4. The highest BCUT2D eigenvalue weighted by Crippen LogP contribution is 2.27. The summed E-state index contributed by atoms with van der Waals surface area (Å²) >= 11 is 0. The maximum Gasteiger partial charge on any atom is 0.274 e. The molecule has 1 N–H and O–H groups in total. The van der Waals surface area contributed by atoms with Gasteiger partial charge in [0.1, 0.15) is 0 Å². The van der Waals surface area contributed by atoms with Crippen LogP contribution in [0.5, 0.6) is 0 Å². The van der Waals surface area contributed by atoms with Crippen LogP contribution in [0.25, 0.3) is 10.9 Å². The number of amides is 2. The lowest BCUT2D eigenvalue weighted by Crippen LogP contribution is -2.37. The minimum atomic E-state index is 0.00338. The number of aryl methyl sites for hydroxylation is 1. The fourth-order valence-corrected chi connectivity index (χ4v) is 5.57. The molecule has 0 unspecified atom stereocenters. The second-order valence-electron chi connectivity index (χ2n) is 9.84. The van der Waals surface area contributed by atoms with Gasteiger partial charge in [-0.05, 0) is 36.5 Å². The predicted octanol–water partition coefficient (Wildman–Crippen LogP) is 4.17. The van der Waals surface area contributed by atoms with Gasteiger partial charge in [-0.3, -0.25) is 14.3 Å². The van der Waals surface area contributed by atoms with Gasteiger partial charge < -0.3 is 14.8 Å². The van der Waals surface area contributed by atoms with Gasteiger partial charge in [0.25, 0.3) is 5.91 Å². The molecule has 7 heteroatoms. The average Bonchev–Trinajstić information content (AvgIpc) is 3.67. The number of nitrogens with one attached hydrogen (secondary N) is 1. The number of aromatic amines is 1. The summed E-state index contributed by atoms with van der Waals surface area (Å²) < 4.78 is 1.99. The van der Waals surface area contributed by atoms with Crippen LogP contribution in [0.2, 0.25) is 0 Å². The summed E-state index contributed by atoms with van der Waals surface area (Å²) in [6.07, 6.45) is 5.94. The van der Waals surface area contributed by atoms with E-state index >= 15 is 0 Å². The number of hydrogen-bond acceptors (Lipinski definition) is 3. The summed E-state index contributed by atoms with van der Waals surface area (Å²) in [5.41, 5.74) is 5.95. The molecular weight excluding hydrogens is 450 g/mol. The summed E-state index contributed by atoms with van der Waals surface area (Å²) in [5, 5.41) is 6.00. The smallest absolute Gasteiger partial charge is 0.274 e. The second kappa shape index (κ2) is 9.64. The summed E-state index contributed by atoms with van der Waals surface area (Å²) in [6.45, 7) is 3.30. The number of nitrogens with zero attached hydrogens (tertiary/aromatic N) is 4. The van der Waals surface area contributed by atoms with E-state index in [1.54, 1.807) is 0 Å². The van der Waals surface area contributed by atoms with Crippen molar-refractivity contribution >= 4 is 22.7 Å². The van der Waals surface area contributed by atoms with Gasteiger partial charge in [-0.15, -0.1) is 0 Å². The Bertz CT molecular complexity index is 1400. The van der Waals surface area contributed by atoms with Crippen LogP contribution in [0.4, 0.5) is 0 Å². The topological polar surface area (TPSA) is 74.2 Å². The Morgan fingerprint density at radius 1 is 0.917 bits per heavy atom. The highest BCUT2D eigenvalue weighted by Gasteiger charge is 2.32. The van der Waals surface area contributed by atoms with E-state index in [0.717, 1.165) is 53.8 Å². The molecule has 0 bridgehead atoms. The van der Waals surface area contributed by atoms with Gasteiger partial charge in [-0.25, -0.2) is 0 Å². The number of para-hydroxylation sites is 1. The molecule has 2 aliphatic rings. The van der Waals surface area contributed by atoms with Crippen molar-refractivity contribution in [1.29, 1.82) is 0 Å². The Kier molecular flexibility index (Phi) is 6.05. The Hall–Kier alpha value is -3.87. The second-order valence-corrected chi connectivity index (χ2v) is 9.84. The predicted molar refractivity (Wildman–Crippen MR) is 139 cm³/mol. The van der Waals surface area contributed by atoms with Gasteiger partial charge in [0, 0.05) is 67.4 Å². The van der Waals surface area contributed by atoms with Gasteiger partial charge in [0.2, 0.25) is 5.91 Å². The van der Waals surface area contributed by atoms with Crippen LogP contribution >= 0.6 is 0 Å². The number of hydrogen-bond donors (Lipinski definition) is 1. The van der Waals surface area contributed by atoms with E-state index in [9.17, 15) is 9.59 Å². The van der Waals surface area contributed by atoms with E-state index in [4.69, 9.17) is 5.10 Å². The van der Waals surface area contributed by atoms with Crippen LogP contribution in [0, 0.1) is 0 Å². The van der Waals surface area contributed by atoms with Gasteiger partial charge in [0.15, 0.2) is 5.69 Å². The van der Waals surface area contributed by atoms with Crippen molar-refractivity contribution in [2.45, 2.75) is 45.2 Å². The molecule has 2 aromatic carbocycles. The van der Waals surface area contributed by atoms with Crippen molar-refractivity contribution in [3.05, 3.63) is 88.9 Å². The number of benzene rings is 2. The lowest BCUT2D eigenvalue weighted by atomic mass is 10.0. The summed E-state index contributed by atoms with van der Waals surface area (Å²) in [7, 11) is 0. The first-order valence-corrected chi connectivity index (χ1v) is 12.9. The Morgan fingerprint density at radius 3 is 2.53 bits per heavy atom. The van der Waals surface area contributed by atoms with E-state index in [0.29, 0.717) is 44.6 Å². The number of carbonyl (C=O) groups is 2. The van der Waals surface area contributed by atoms with Crippen LogP contribution < -0.4 is 0 Å².